The predicted octanol–water partition coefficient (Wildman–Crippen LogP) is 6.53. The summed E-state index contributed by atoms with van der Waals surface area (Å²) in [5, 5.41) is 0. The van der Waals surface area contributed by atoms with E-state index in [-0.39, 0.29) is 47.2 Å². The number of hydrogen-bond donors (Lipinski definition) is 0. The summed E-state index contributed by atoms with van der Waals surface area (Å²) in [5.74, 6) is 0.611. The van der Waals surface area contributed by atoms with Gasteiger partial charge in [-0.2, -0.15) is 0 Å². The Bertz CT molecular complexity index is 973. The minimum Gasteiger partial charge on any atom is -0.338 e. The first-order valence-electron chi connectivity index (χ1n) is 16.3. The van der Waals surface area contributed by atoms with Crippen molar-refractivity contribution in [3.05, 3.63) is 0 Å². The lowest BCUT2D eigenvalue weighted by Crippen LogP contribution is -2.52. The first-order valence-corrected chi connectivity index (χ1v) is 16.3. The third-order valence-electron chi connectivity index (χ3n) is 8.41. The van der Waals surface area contributed by atoms with Crippen molar-refractivity contribution in [2.75, 3.05) is 46.8 Å². The third-order valence-corrected chi connectivity index (χ3v) is 8.41. The first-order chi connectivity index (χ1) is 19.6. The summed E-state index contributed by atoms with van der Waals surface area (Å²) >= 11 is 0. The van der Waals surface area contributed by atoms with Gasteiger partial charge in [0.1, 0.15) is 0 Å². The van der Waals surface area contributed by atoms with Crippen LogP contribution in [0.3, 0.4) is 0 Å². The zero-order chi connectivity index (χ0) is 34.6. The molecule has 264 valence electrons. The SMILES string of the molecule is C.CC(C)(C)N1C(=O)CCC1(C)C.CC(C)(C)N1CCCC1=O.CN1CCN(C(C)(C)C)C1=O.CN1CCN(C(C)(C)C)C1=O. The Kier molecular flexibility index (Phi) is 14.5. The summed E-state index contributed by atoms with van der Waals surface area (Å²) in [6.07, 6.45) is 3.49. The number of nitrogens with zero attached hydrogens (tertiary/aromatic N) is 6. The van der Waals surface area contributed by atoms with Crippen LogP contribution < -0.4 is 0 Å². The van der Waals surface area contributed by atoms with Crippen LogP contribution >= 0.6 is 0 Å². The predicted molar refractivity (Wildman–Crippen MR) is 186 cm³/mol. The van der Waals surface area contributed by atoms with E-state index in [4.69, 9.17) is 0 Å². The highest BCUT2D eigenvalue weighted by atomic mass is 16.2. The summed E-state index contributed by atoms with van der Waals surface area (Å²) in [4.78, 5) is 56.8. The second-order valence-corrected chi connectivity index (χ2v) is 17.1. The van der Waals surface area contributed by atoms with Gasteiger partial charge in [-0.05, 0) is 110 Å². The number of carbonyl (C=O) groups excluding carboxylic acids is 4. The molecule has 0 aliphatic carbocycles. The van der Waals surface area contributed by atoms with Gasteiger partial charge in [0.25, 0.3) is 0 Å². The van der Waals surface area contributed by atoms with Crippen molar-refractivity contribution in [2.24, 2.45) is 0 Å². The van der Waals surface area contributed by atoms with Crippen LogP contribution in [-0.4, -0.2) is 128 Å². The van der Waals surface area contributed by atoms with E-state index in [0.717, 1.165) is 52.0 Å². The van der Waals surface area contributed by atoms with Crippen molar-refractivity contribution in [1.29, 1.82) is 0 Å². The number of amides is 6. The van der Waals surface area contributed by atoms with Crippen molar-refractivity contribution in [3.63, 3.8) is 0 Å². The van der Waals surface area contributed by atoms with Gasteiger partial charge < -0.3 is 29.4 Å². The topological polar surface area (TPSA) is 87.7 Å². The molecule has 10 nitrogen and oxygen atoms in total. The van der Waals surface area contributed by atoms with E-state index >= 15 is 0 Å². The molecule has 0 aromatic heterocycles. The molecule has 4 heterocycles. The number of hydrogen-bond acceptors (Lipinski definition) is 4. The molecular weight excluding hydrogens is 568 g/mol. The summed E-state index contributed by atoms with van der Waals surface area (Å²) in [6, 6.07) is 0.301. The van der Waals surface area contributed by atoms with Crippen molar-refractivity contribution < 1.29 is 19.2 Å². The van der Waals surface area contributed by atoms with Crippen LogP contribution in [0.15, 0.2) is 0 Å². The highest BCUT2D eigenvalue weighted by molar-refractivity contribution is 5.80. The molecule has 4 aliphatic rings. The number of rotatable bonds is 0. The van der Waals surface area contributed by atoms with Crippen LogP contribution in [-0.2, 0) is 9.59 Å². The molecule has 0 atom stereocenters. The molecular formula is C35H70N6O4. The molecule has 6 amide bonds. The quantitative estimate of drug-likeness (QED) is 0.302. The lowest BCUT2D eigenvalue weighted by Gasteiger charge is -2.42. The van der Waals surface area contributed by atoms with E-state index in [9.17, 15) is 19.2 Å². The van der Waals surface area contributed by atoms with Crippen LogP contribution in [0, 0.1) is 0 Å². The number of urea groups is 2. The van der Waals surface area contributed by atoms with Crippen LogP contribution in [0.5, 0.6) is 0 Å². The molecule has 4 saturated heterocycles. The number of carbonyl (C=O) groups is 4. The van der Waals surface area contributed by atoms with Gasteiger partial charge in [0.2, 0.25) is 11.8 Å². The zero-order valence-corrected chi connectivity index (χ0v) is 31.2. The van der Waals surface area contributed by atoms with Gasteiger partial charge in [-0.1, -0.05) is 7.43 Å². The largest absolute Gasteiger partial charge is 0.338 e. The van der Waals surface area contributed by atoms with Crippen LogP contribution in [0.2, 0.25) is 0 Å². The van der Waals surface area contributed by atoms with E-state index < -0.39 is 0 Å². The van der Waals surface area contributed by atoms with Gasteiger partial charge in [0.05, 0.1) is 0 Å². The maximum Gasteiger partial charge on any atom is 0.320 e. The molecule has 0 radical (unpaired) electrons. The van der Waals surface area contributed by atoms with Crippen molar-refractivity contribution >= 4 is 23.9 Å². The summed E-state index contributed by atoms with van der Waals surface area (Å²) in [6.45, 7) is 33.5. The highest BCUT2D eigenvalue weighted by Gasteiger charge is 2.43. The average molecular weight is 639 g/mol. The lowest BCUT2D eigenvalue weighted by molar-refractivity contribution is -0.136. The fourth-order valence-electron chi connectivity index (χ4n) is 6.15. The standard InChI is InChI=1S/C10H19NO.2C8H16N2O.C8H15NO.CH4/c1-9(2,3)11-8(12)6-7-10(11,4)5;2*1-8(2,3)10-6-5-9(4)7(10)11;1-8(2,3)9-6-4-5-7(9)10;/h6-7H2,1-5H3;2*5-6H2,1-4H3;4-6H2,1-3H3;1H4. The molecule has 0 N–H and O–H groups in total. The van der Waals surface area contributed by atoms with E-state index in [1.165, 1.54) is 0 Å². The van der Waals surface area contributed by atoms with Gasteiger partial charge in [0, 0.05) is 87.4 Å². The molecule has 4 aliphatic heterocycles. The molecule has 0 bridgehead atoms. The summed E-state index contributed by atoms with van der Waals surface area (Å²) in [5.41, 5.74) is 0.00366. The normalized spacial score (nSPS) is 20.4. The zero-order valence-electron chi connectivity index (χ0n) is 31.2. The van der Waals surface area contributed by atoms with Crippen LogP contribution in [0.25, 0.3) is 0 Å². The molecule has 0 saturated carbocycles. The Balaban J connectivity index is 0.000000570. The van der Waals surface area contributed by atoms with Crippen molar-refractivity contribution in [1.82, 2.24) is 29.4 Å². The Morgan fingerprint density at radius 1 is 0.511 bits per heavy atom. The molecule has 0 spiro atoms. The molecule has 45 heavy (non-hydrogen) atoms. The summed E-state index contributed by atoms with van der Waals surface area (Å²) in [7, 11) is 3.68. The van der Waals surface area contributed by atoms with Crippen LogP contribution in [0.4, 0.5) is 9.59 Å². The Labute approximate surface area is 276 Å². The average Bonchev–Trinajstić information content (AvgIpc) is 3.56. The second-order valence-electron chi connectivity index (χ2n) is 17.1. The van der Waals surface area contributed by atoms with Crippen molar-refractivity contribution in [2.45, 2.75) is 158 Å². The van der Waals surface area contributed by atoms with Crippen LogP contribution in [0.1, 0.15) is 130 Å². The second kappa shape index (κ2) is 15.4. The minimum atomic E-state index is -0.0307. The van der Waals surface area contributed by atoms with Gasteiger partial charge in [-0.15, -0.1) is 0 Å². The molecule has 4 rings (SSSR count). The maximum atomic E-state index is 11.6. The fourth-order valence-corrected chi connectivity index (χ4v) is 6.15. The van der Waals surface area contributed by atoms with Gasteiger partial charge in [-0.25, -0.2) is 9.59 Å². The Morgan fingerprint density at radius 3 is 1.02 bits per heavy atom. The summed E-state index contributed by atoms with van der Waals surface area (Å²) < 4.78 is 0. The Hall–Kier alpha value is -2.52. The van der Waals surface area contributed by atoms with E-state index in [1.54, 1.807) is 9.80 Å². The number of likely N-dealkylation sites (N-methyl/N-ethyl adjacent to an activating group) is 2. The molecule has 0 aromatic rings. The number of likely N-dealkylation sites (tertiary alicyclic amines) is 2. The van der Waals surface area contributed by atoms with Gasteiger partial charge in [0.15, 0.2) is 0 Å². The van der Waals surface area contributed by atoms with Crippen molar-refractivity contribution in [3.8, 4) is 0 Å². The molecule has 4 fully saturated rings. The molecule has 10 heteroatoms. The van der Waals surface area contributed by atoms with E-state index in [2.05, 4.69) is 96.9 Å². The maximum absolute atomic E-state index is 11.6. The third kappa shape index (κ3) is 12.0. The smallest absolute Gasteiger partial charge is 0.320 e. The Morgan fingerprint density at radius 2 is 0.889 bits per heavy atom. The first kappa shape index (κ1) is 42.5. The molecule has 0 aromatic carbocycles. The molecule has 0 unspecified atom stereocenters. The monoisotopic (exact) mass is 639 g/mol. The van der Waals surface area contributed by atoms with Gasteiger partial charge in [-0.3, -0.25) is 9.59 Å². The van der Waals surface area contributed by atoms with E-state index in [0.29, 0.717) is 18.2 Å². The highest BCUT2D eigenvalue weighted by Crippen LogP contribution is 2.35. The van der Waals surface area contributed by atoms with E-state index in [1.807, 2.05) is 33.7 Å². The van der Waals surface area contributed by atoms with Gasteiger partial charge >= 0.3 is 12.1 Å². The lowest BCUT2D eigenvalue weighted by atomic mass is 9.96. The minimum absolute atomic E-state index is 0. The fraction of sp³-hybridized carbons (Fsp3) is 0.886.